The van der Waals surface area contributed by atoms with Crippen LogP contribution in [0, 0.1) is 3.70 Å². The first-order chi connectivity index (χ1) is 3.83. The first-order valence-corrected chi connectivity index (χ1v) is 3.20. The van der Waals surface area contributed by atoms with Gasteiger partial charge in [-0.25, -0.2) is 4.68 Å². The van der Waals surface area contributed by atoms with E-state index in [0.29, 0.717) is 0 Å². The van der Waals surface area contributed by atoms with Crippen LogP contribution in [0.2, 0.25) is 0 Å². The average Bonchev–Trinajstić information content (AvgIpc) is 2.14. The molecule has 0 unspecified atom stereocenters. The number of halogens is 1. The van der Waals surface area contributed by atoms with Crippen molar-refractivity contribution in [1.29, 1.82) is 0 Å². The average molecular weight is 224 g/mol. The monoisotopic (exact) mass is 224 g/mol. The Balaban J connectivity index is 2.84. The minimum Gasteiger partial charge on any atom is -0.374 e. The van der Waals surface area contributed by atoms with E-state index in [1.807, 2.05) is 6.07 Å². The van der Waals surface area contributed by atoms with Crippen LogP contribution in [0.15, 0.2) is 12.3 Å². The molecular weight excluding hydrogens is 219 g/mol. The summed E-state index contributed by atoms with van der Waals surface area (Å²) in [6.07, 6.45) is 1.72. The predicted octanol–water partition coefficient (Wildman–Crippen LogP) is 0.438. The Kier molecular flexibility index (Phi) is 1.85. The molecule has 1 aromatic rings. The Labute approximate surface area is 60.5 Å². The topological polar surface area (TPSA) is 38.0 Å². The Morgan fingerprint density at radius 1 is 1.88 bits per heavy atom. The van der Waals surface area contributed by atoms with E-state index in [0.717, 1.165) is 3.70 Å². The van der Waals surface area contributed by atoms with E-state index in [2.05, 4.69) is 27.7 Å². The zero-order valence-electron chi connectivity index (χ0n) is 4.08. The minimum atomic E-state index is -0.0387. The number of rotatable bonds is 1. The molecule has 0 spiro atoms. The van der Waals surface area contributed by atoms with Crippen LogP contribution < -0.4 is 0 Å². The van der Waals surface area contributed by atoms with Crippen molar-refractivity contribution in [2.45, 2.75) is 6.73 Å². The van der Waals surface area contributed by atoms with Gasteiger partial charge >= 0.3 is 0 Å². The molecule has 0 bridgehead atoms. The van der Waals surface area contributed by atoms with Gasteiger partial charge in [-0.2, -0.15) is 5.10 Å². The van der Waals surface area contributed by atoms with Crippen LogP contribution in [0.1, 0.15) is 0 Å². The lowest BCUT2D eigenvalue weighted by molar-refractivity contribution is 0.195. The predicted molar refractivity (Wildman–Crippen MR) is 37.2 cm³/mol. The summed E-state index contributed by atoms with van der Waals surface area (Å²) in [7, 11) is 0. The molecule has 0 radical (unpaired) electrons. The third-order valence-corrected chi connectivity index (χ3v) is 1.33. The maximum atomic E-state index is 8.45. The molecule has 0 saturated carbocycles. The molecule has 1 N–H and O–H groups in total. The number of hydrogen-bond donors (Lipinski definition) is 1. The fraction of sp³-hybridized carbons (Fsp3) is 0.250. The fourth-order valence-corrected chi connectivity index (χ4v) is 0.854. The SMILES string of the molecule is OCn1ccc(I)n1. The number of nitrogens with zero attached hydrogens (tertiary/aromatic N) is 2. The van der Waals surface area contributed by atoms with Crippen molar-refractivity contribution in [2.24, 2.45) is 0 Å². The summed E-state index contributed by atoms with van der Waals surface area (Å²) in [5.41, 5.74) is 0. The van der Waals surface area contributed by atoms with Crippen molar-refractivity contribution in [2.75, 3.05) is 0 Å². The van der Waals surface area contributed by atoms with Gasteiger partial charge < -0.3 is 5.11 Å². The van der Waals surface area contributed by atoms with Crippen LogP contribution in [-0.4, -0.2) is 14.9 Å². The van der Waals surface area contributed by atoms with Gasteiger partial charge in [0.1, 0.15) is 10.4 Å². The molecule has 1 aromatic heterocycles. The van der Waals surface area contributed by atoms with Gasteiger partial charge in [0.25, 0.3) is 0 Å². The molecule has 0 aliphatic rings. The molecule has 0 saturated heterocycles. The molecule has 44 valence electrons. The maximum absolute atomic E-state index is 8.45. The smallest absolute Gasteiger partial charge is 0.136 e. The van der Waals surface area contributed by atoms with Crippen molar-refractivity contribution in [3.05, 3.63) is 16.0 Å². The van der Waals surface area contributed by atoms with Gasteiger partial charge in [-0.05, 0) is 28.7 Å². The summed E-state index contributed by atoms with van der Waals surface area (Å²) in [6.45, 7) is -0.0387. The third-order valence-electron chi connectivity index (χ3n) is 0.753. The number of aromatic nitrogens is 2. The van der Waals surface area contributed by atoms with E-state index in [1.165, 1.54) is 4.68 Å². The van der Waals surface area contributed by atoms with Gasteiger partial charge in [0.2, 0.25) is 0 Å². The van der Waals surface area contributed by atoms with E-state index >= 15 is 0 Å². The molecule has 0 amide bonds. The van der Waals surface area contributed by atoms with Crippen LogP contribution in [0.25, 0.3) is 0 Å². The van der Waals surface area contributed by atoms with Crippen LogP contribution in [0.5, 0.6) is 0 Å². The largest absolute Gasteiger partial charge is 0.374 e. The van der Waals surface area contributed by atoms with E-state index in [-0.39, 0.29) is 6.73 Å². The lowest BCUT2D eigenvalue weighted by atomic mass is 10.8. The molecule has 0 atom stereocenters. The molecule has 1 heterocycles. The standard InChI is InChI=1S/C4H5IN2O/c5-4-1-2-7(3-8)6-4/h1-2,8H,3H2. The molecule has 0 aliphatic carbocycles. The van der Waals surface area contributed by atoms with Crippen molar-refractivity contribution in [1.82, 2.24) is 9.78 Å². The summed E-state index contributed by atoms with van der Waals surface area (Å²) < 4.78 is 2.36. The van der Waals surface area contributed by atoms with E-state index < -0.39 is 0 Å². The molecule has 4 heteroatoms. The second-order valence-corrected chi connectivity index (χ2v) is 2.42. The van der Waals surface area contributed by atoms with Crippen molar-refractivity contribution in [3.8, 4) is 0 Å². The van der Waals surface area contributed by atoms with Crippen molar-refractivity contribution < 1.29 is 5.11 Å². The van der Waals surface area contributed by atoms with Crippen molar-refractivity contribution >= 4 is 22.6 Å². The fourth-order valence-electron chi connectivity index (χ4n) is 0.416. The molecular formula is C4H5IN2O. The Hall–Kier alpha value is -0.100. The molecule has 0 fully saturated rings. The van der Waals surface area contributed by atoms with E-state index in [9.17, 15) is 0 Å². The van der Waals surface area contributed by atoms with Gasteiger partial charge in [-0.3, -0.25) is 0 Å². The number of aliphatic hydroxyl groups is 1. The van der Waals surface area contributed by atoms with Crippen LogP contribution in [0.3, 0.4) is 0 Å². The normalized spacial score (nSPS) is 9.75. The lowest BCUT2D eigenvalue weighted by Gasteiger charge is -1.87. The van der Waals surface area contributed by atoms with Gasteiger partial charge in [-0.15, -0.1) is 0 Å². The van der Waals surface area contributed by atoms with Crippen molar-refractivity contribution in [3.63, 3.8) is 0 Å². The summed E-state index contributed by atoms with van der Waals surface area (Å²) in [6, 6.07) is 1.83. The summed E-state index contributed by atoms with van der Waals surface area (Å²) in [4.78, 5) is 0. The zero-order valence-corrected chi connectivity index (χ0v) is 6.24. The first-order valence-electron chi connectivity index (χ1n) is 2.13. The van der Waals surface area contributed by atoms with Crippen LogP contribution in [-0.2, 0) is 6.73 Å². The molecule has 3 nitrogen and oxygen atoms in total. The Bertz CT molecular complexity index is 174. The van der Waals surface area contributed by atoms with Gasteiger partial charge in [0.15, 0.2) is 0 Å². The second kappa shape index (κ2) is 2.45. The molecule has 0 aliphatic heterocycles. The van der Waals surface area contributed by atoms with E-state index in [1.54, 1.807) is 6.20 Å². The summed E-state index contributed by atoms with van der Waals surface area (Å²) in [5, 5.41) is 12.3. The first kappa shape index (κ1) is 6.03. The minimum absolute atomic E-state index is 0.0387. The number of hydrogen-bond acceptors (Lipinski definition) is 2. The highest BCUT2D eigenvalue weighted by Crippen LogP contribution is 1.97. The second-order valence-electron chi connectivity index (χ2n) is 1.32. The number of aliphatic hydroxyl groups excluding tert-OH is 1. The van der Waals surface area contributed by atoms with Gasteiger partial charge in [0, 0.05) is 6.20 Å². The van der Waals surface area contributed by atoms with Crippen LogP contribution in [0.4, 0.5) is 0 Å². The molecule has 8 heavy (non-hydrogen) atoms. The highest BCUT2D eigenvalue weighted by molar-refractivity contribution is 14.1. The summed E-state index contributed by atoms with van der Waals surface area (Å²) in [5.74, 6) is 0. The highest BCUT2D eigenvalue weighted by Gasteiger charge is 1.88. The van der Waals surface area contributed by atoms with Crippen LogP contribution >= 0.6 is 22.6 Å². The Morgan fingerprint density at radius 3 is 2.88 bits per heavy atom. The van der Waals surface area contributed by atoms with Gasteiger partial charge in [0.05, 0.1) is 0 Å². The van der Waals surface area contributed by atoms with Gasteiger partial charge in [-0.1, -0.05) is 0 Å². The third kappa shape index (κ3) is 1.19. The summed E-state index contributed by atoms with van der Waals surface area (Å²) >= 11 is 2.08. The molecule has 0 aromatic carbocycles. The lowest BCUT2D eigenvalue weighted by Crippen LogP contribution is -1.95. The maximum Gasteiger partial charge on any atom is 0.136 e. The highest BCUT2D eigenvalue weighted by atomic mass is 127. The Morgan fingerprint density at radius 2 is 2.62 bits per heavy atom. The molecule has 1 rings (SSSR count). The zero-order chi connectivity index (χ0) is 5.98. The van der Waals surface area contributed by atoms with E-state index in [4.69, 9.17) is 5.11 Å². The quantitative estimate of drug-likeness (QED) is 0.702.